The molecule has 0 radical (unpaired) electrons. The minimum Gasteiger partial charge on any atom is -0.478 e. The Labute approximate surface area is 156 Å². The average molecular weight is 362 g/mol. The maximum absolute atomic E-state index is 11.4. The van der Waals surface area contributed by atoms with Crippen molar-refractivity contribution in [1.29, 1.82) is 0 Å². The molecular weight excluding hydrogens is 344 g/mol. The Bertz CT molecular complexity index is 1020. The fraction of sp³-hybridized carbons (Fsp3) is 0.0952. The van der Waals surface area contributed by atoms with Gasteiger partial charge in [0.25, 0.3) is 0 Å². The quantitative estimate of drug-likeness (QED) is 0.664. The number of hydrogen-bond acceptors (Lipinski definition) is 3. The first-order chi connectivity index (χ1) is 12.9. The monoisotopic (exact) mass is 362 g/mol. The molecule has 1 aromatic heterocycles. The Morgan fingerprint density at radius 2 is 1.52 bits per heavy atom. The van der Waals surface area contributed by atoms with E-state index in [2.05, 4.69) is 4.99 Å². The van der Waals surface area contributed by atoms with Gasteiger partial charge in [-0.05, 0) is 50.2 Å². The van der Waals surface area contributed by atoms with Crippen LogP contribution >= 0.6 is 0 Å². The van der Waals surface area contributed by atoms with Crippen molar-refractivity contribution in [3.63, 3.8) is 0 Å². The summed E-state index contributed by atoms with van der Waals surface area (Å²) in [5.41, 5.74) is 3.72. The molecule has 6 heteroatoms. The van der Waals surface area contributed by atoms with E-state index < -0.39 is 11.9 Å². The highest BCUT2D eigenvalue weighted by molar-refractivity contribution is 5.95. The molecule has 3 rings (SSSR count). The summed E-state index contributed by atoms with van der Waals surface area (Å²) >= 11 is 0. The molecule has 0 unspecified atom stereocenters. The molecule has 0 saturated heterocycles. The summed E-state index contributed by atoms with van der Waals surface area (Å²) in [6.07, 6.45) is 1.74. The molecule has 2 N–H and O–H groups in total. The average Bonchev–Trinajstić information content (AvgIpc) is 2.93. The molecule has 136 valence electrons. The number of carboxylic acids is 2. The highest BCUT2D eigenvalue weighted by Crippen LogP contribution is 2.23. The summed E-state index contributed by atoms with van der Waals surface area (Å²) in [5.74, 6) is -2.35. The lowest BCUT2D eigenvalue weighted by Crippen LogP contribution is -2.07. The van der Waals surface area contributed by atoms with E-state index in [1.807, 2.05) is 54.8 Å². The van der Waals surface area contributed by atoms with Crippen LogP contribution in [0.15, 0.2) is 59.6 Å². The molecule has 0 spiro atoms. The lowest BCUT2D eigenvalue weighted by atomic mass is 10.1. The third kappa shape index (κ3) is 3.79. The van der Waals surface area contributed by atoms with E-state index in [-0.39, 0.29) is 11.1 Å². The van der Waals surface area contributed by atoms with Gasteiger partial charge in [0.1, 0.15) is 0 Å². The van der Waals surface area contributed by atoms with Crippen LogP contribution in [0.1, 0.15) is 37.7 Å². The van der Waals surface area contributed by atoms with Crippen LogP contribution in [-0.2, 0) is 0 Å². The number of rotatable bonds is 5. The molecule has 0 atom stereocenters. The smallest absolute Gasteiger partial charge is 0.335 e. The molecule has 27 heavy (non-hydrogen) atoms. The van der Waals surface area contributed by atoms with Gasteiger partial charge in [-0.1, -0.05) is 18.2 Å². The number of carboxylic acid groups (broad SMARTS) is 2. The van der Waals surface area contributed by atoms with Crippen molar-refractivity contribution in [2.24, 2.45) is 4.99 Å². The molecule has 3 aromatic rings. The van der Waals surface area contributed by atoms with Gasteiger partial charge >= 0.3 is 11.9 Å². The van der Waals surface area contributed by atoms with Crippen molar-refractivity contribution in [2.75, 3.05) is 0 Å². The first kappa shape index (κ1) is 18.1. The molecule has 2 aromatic carbocycles. The van der Waals surface area contributed by atoms with Crippen molar-refractivity contribution < 1.29 is 19.8 Å². The van der Waals surface area contributed by atoms with Crippen LogP contribution < -0.4 is 0 Å². The number of aryl methyl sites for hydroxylation is 1. The maximum atomic E-state index is 11.4. The molecule has 1 heterocycles. The first-order valence-electron chi connectivity index (χ1n) is 8.27. The van der Waals surface area contributed by atoms with Crippen molar-refractivity contribution in [2.45, 2.75) is 13.8 Å². The fourth-order valence-electron chi connectivity index (χ4n) is 2.96. The molecule has 0 fully saturated rings. The highest BCUT2D eigenvalue weighted by atomic mass is 16.4. The summed E-state index contributed by atoms with van der Waals surface area (Å²) in [6.45, 7) is 3.76. The summed E-state index contributed by atoms with van der Waals surface area (Å²) in [5, 5.41) is 18.6. The van der Waals surface area contributed by atoms with E-state index >= 15 is 0 Å². The maximum Gasteiger partial charge on any atom is 0.335 e. The van der Waals surface area contributed by atoms with Crippen LogP contribution in [0, 0.1) is 13.8 Å². The van der Waals surface area contributed by atoms with Crippen molar-refractivity contribution in [1.82, 2.24) is 4.57 Å². The van der Waals surface area contributed by atoms with Gasteiger partial charge in [0.05, 0.1) is 16.8 Å². The predicted octanol–water partition coefficient (Wildman–Crippen LogP) is 4.24. The minimum atomic E-state index is -1.17. The van der Waals surface area contributed by atoms with Gasteiger partial charge in [-0.25, -0.2) is 9.59 Å². The predicted molar refractivity (Wildman–Crippen MR) is 103 cm³/mol. The Hall–Kier alpha value is -3.67. The summed E-state index contributed by atoms with van der Waals surface area (Å²) in [6, 6.07) is 15.5. The van der Waals surface area contributed by atoms with Crippen LogP contribution in [0.25, 0.3) is 5.69 Å². The number of aromatic nitrogens is 1. The Morgan fingerprint density at radius 1 is 0.926 bits per heavy atom. The minimum absolute atomic E-state index is 0.0723. The Balaban J connectivity index is 2.08. The van der Waals surface area contributed by atoms with Crippen LogP contribution in [0.3, 0.4) is 0 Å². The lowest BCUT2D eigenvalue weighted by Gasteiger charge is -2.12. The number of nitrogens with zero attached hydrogens (tertiary/aromatic N) is 2. The van der Waals surface area contributed by atoms with Crippen LogP contribution in [-0.4, -0.2) is 32.9 Å². The Morgan fingerprint density at radius 3 is 2.07 bits per heavy atom. The van der Waals surface area contributed by atoms with Crippen molar-refractivity contribution in [3.05, 3.63) is 82.7 Å². The van der Waals surface area contributed by atoms with Crippen LogP contribution in [0.2, 0.25) is 0 Å². The van der Waals surface area contributed by atoms with E-state index in [1.165, 1.54) is 12.1 Å². The zero-order valence-corrected chi connectivity index (χ0v) is 14.9. The van der Waals surface area contributed by atoms with Crippen molar-refractivity contribution in [3.8, 4) is 5.69 Å². The zero-order chi connectivity index (χ0) is 19.6. The summed E-state index contributed by atoms with van der Waals surface area (Å²) < 4.78 is 1.82. The number of hydrogen-bond donors (Lipinski definition) is 2. The van der Waals surface area contributed by atoms with Crippen LogP contribution in [0.5, 0.6) is 0 Å². The van der Waals surface area contributed by atoms with Gasteiger partial charge in [0.15, 0.2) is 0 Å². The van der Waals surface area contributed by atoms with Gasteiger partial charge < -0.3 is 14.8 Å². The molecule has 0 bridgehead atoms. The van der Waals surface area contributed by atoms with Gasteiger partial charge in [0.2, 0.25) is 0 Å². The Kier molecular flexibility index (Phi) is 4.90. The number of carbonyl (C=O) groups is 2. The third-order valence-electron chi connectivity index (χ3n) is 4.25. The van der Waals surface area contributed by atoms with Gasteiger partial charge in [-0.15, -0.1) is 0 Å². The summed E-state index contributed by atoms with van der Waals surface area (Å²) in [7, 11) is 0. The van der Waals surface area contributed by atoms with E-state index in [9.17, 15) is 19.8 Å². The molecule has 0 amide bonds. The SMILES string of the molecule is Cc1cc(C=Nc2ccccc2)c(C)n1-c1cc(C(=O)O)cc(C(=O)O)c1. The molecule has 0 aliphatic heterocycles. The van der Waals surface area contributed by atoms with Gasteiger partial charge in [-0.2, -0.15) is 0 Å². The van der Waals surface area contributed by atoms with Crippen LogP contribution in [0.4, 0.5) is 5.69 Å². The third-order valence-corrected chi connectivity index (χ3v) is 4.25. The zero-order valence-electron chi connectivity index (χ0n) is 14.9. The number of para-hydroxylation sites is 1. The molecule has 0 aliphatic carbocycles. The van der Waals surface area contributed by atoms with E-state index in [0.29, 0.717) is 5.69 Å². The fourth-order valence-corrected chi connectivity index (χ4v) is 2.96. The number of benzene rings is 2. The first-order valence-corrected chi connectivity index (χ1v) is 8.27. The standard InChI is InChI=1S/C21H18N2O4/c1-13-8-17(12-22-18-6-4-3-5-7-18)14(2)23(13)19-10-15(20(24)25)9-16(11-19)21(26)27/h3-12H,1-2H3,(H,24,25)(H,26,27). The topological polar surface area (TPSA) is 91.9 Å². The van der Waals surface area contributed by atoms with E-state index in [0.717, 1.165) is 28.7 Å². The van der Waals surface area contributed by atoms with Crippen molar-refractivity contribution >= 4 is 23.8 Å². The van der Waals surface area contributed by atoms with Gasteiger partial charge in [0, 0.05) is 28.9 Å². The summed E-state index contributed by atoms with van der Waals surface area (Å²) in [4.78, 5) is 27.2. The number of aromatic carboxylic acids is 2. The molecular formula is C21H18N2O4. The molecule has 0 saturated carbocycles. The lowest BCUT2D eigenvalue weighted by molar-refractivity contribution is 0.0696. The van der Waals surface area contributed by atoms with E-state index in [1.54, 1.807) is 6.21 Å². The highest BCUT2D eigenvalue weighted by Gasteiger charge is 2.15. The number of aliphatic imine (C=N–C) groups is 1. The normalized spacial score (nSPS) is 11.0. The second-order valence-corrected chi connectivity index (χ2v) is 6.13. The van der Waals surface area contributed by atoms with E-state index in [4.69, 9.17) is 0 Å². The molecule has 0 aliphatic rings. The second kappa shape index (κ2) is 7.29. The largest absolute Gasteiger partial charge is 0.478 e. The van der Waals surface area contributed by atoms with Gasteiger partial charge in [-0.3, -0.25) is 4.99 Å². The molecule has 6 nitrogen and oxygen atoms in total. The second-order valence-electron chi connectivity index (χ2n) is 6.13.